The van der Waals surface area contributed by atoms with Gasteiger partial charge in [-0.15, -0.1) is 0 Å². The Labute approximate surface area is 185 Å². The molecule has 3 heterocycles. The van der Waals surface area contributed by atoms with Gasteiger partial charge in [-0.3, -0.25) is 0 Å². The van der Waals surface area contributed by atoms with E-state index in [1.54, 1.807) is 13.3 Å². The maximum absolute atomic E-state index is 12.4. The van der Waals surface area contributed by atoms with Crippen LogP contribution >= 0.6 is 0 Å². The highest BCUT2D eigenvalue weighted by atomic mass is 32.2. The minimum absolute atomic E-state index is 0.104. The molecule has 3 rings (SSSR count). The van der Waals surface area contributed by atoms with Crippen molar-refractivity contribution in [1.82, 2.24) is 28.5 Å². The second kappa shape index (κ2) is 10.2. The van der Waals surface area contributed by atoms with Crippen molar-refractivity contribution in [3.8, 4) is 0 Å². The zero-order valence-electron chi connectivity index (χ0n) is 18.3. The van der Waals surface area contributed by atoms with Crippen LogP contribution in [0.25, 0.3) is 11.2 Å². The lowest BCUT2D eigenvalue weighted by atomic mass is 10.1. The molecule has 1 fully saturated rings. The highest BCUT2D eigenvalue weighted by Crippen LogP contribution is 2.25. The first-order valence-corrected chi connectivity index (χ1v) is 12.1. The molecule has 180 valence electrons. The maximum atomic E-state index is 12.4. The summed E-state index contributed by atoms with van der Waals surface area (Å²) in [7, 11) is -3.99. The van der Waals surface area contributed by atoms with Crippen LogP contribution < -0.4 is 15.4 Å². The summed E-state index contributed by atoms with van der Waals surface area (Å²) in [6.07, 6.45) is -0.579. The number of rotatable bonds is 11. The molecule has 11 nitrogen and oxygen atoms in total. The van der Waals surface area contributed by atoms with Gasteiger partial charge in [0.15, 0.2) is 17.0 Å². The van der Waals surface area contributed by atoms with Gasteiger partial charge in [0.2, 0.25) is 5.95 Å². The third-order valence-corrected chi connectivity index (χ3v) is 6.94. The zero-order valence-corrected chi connectivity index (χ0v) is 19.1. The molecule has 4 N–H and O–H groups in total. The summed E-state index contributed by atoms with van der Waals surface area (Å²) in [6.45, 7) is 5.60. The molecule has 0 aromatic carbocycles. The number of nitrogens with one attached hydrogen (secondary N) is 3. The highest BCUT2D eigenvalue weighted by Gasteiger charge is 2.32. The van der Waals surface area contributed by atoms with E-state index in [1.807, 2.05) is 23.1 Å². The SMILES string of the molecule is CC[C@H](Nc1nc(N[C@H]2CCN(S(=O)(=O)NCC(F)F)C2)c2ncn(CC)c2n1)[C@@H](C)O. The molecule has 0 unspecified atom stereocenters. The van der Waals surface area contributed by atoms with E-state index in [2.05, 4.69) is 25.6 Å². The van der Waals surface area contributed by atoms with Crippen LogP contribution in [0.4, 0.5) is 20.5 Å². The van der Waals surface area contributed by atoms with Crippen molar-refractivity contribution >= 4 is 33.1 Å². The standard InChI is InChI=1S/C18H30F2N8O3S/c1-4-13(11(3)29)24-18-25-16(15-17(26-18)27(5-2)10-21-15)23-12-6-7-28(9-12)32(30,31)22-8-14(19)20/h10-14,22,29H,4-9H2,1-3H3,(H2,23,24,25,26)/t11-,12+,13+/m1/s1. The first-order chi connectivity index (χ1) is 15.1. The summed E-state index contributed by atoms with van der Waals surface area (Å²) < 4.78 is 54.2. The van der Waals surface area contributed by atoms with Crippen LogP contribution in [0.3, 0.4) is 0 Å². The smallest absolute Gasteiger partial charge is 0.279 e. The minimum Gasteiger partial charge on any atom is -0.391 e. The summed E-state index contributed by atoms with van der Waals surface area (Å²) in [4.78, 5) is 13.5. The Kier molecular flexibility index (Phi) is 7.79. The van der Waals surface area contributed by atoms with Crippen molar-refractivity contribution in [2.24, 2.45) is 0 Å². The summed E-state index contributed by atoms with van der Waals surface area (Å²) >= 11 is 0. The predicted octanol–water partition coefficient (Wildman–Crippen LogP) is 1.00. The van der Waals surface area contributed by atoms with Gasteiger partial charge >= 0.3 is 0 Å². The quantitative estimate of drug-likeness (QED) is 0.377. The molecule has 1 saturated heterocycles. The molecule has 0 bridgehead atoms. The number of aliphatic hydroxyl groups excluding tert-OH is 1. The van der Waals surface area contributed by atoms with E-state index in [1.165, 1.54) is 0 Å². The van der Waals surface area contributed by atoms with E-state index in [0.29, 0.717) is 42.3 Å². The molecule has 14 heteroatoms. The second-order valence-corrected chi connectivity index (χ2v) is 9.49. The largest absolute Gasteiger partial charge is 0.391 e. The Morgan fingerprint density at radius 2 is 2.06 bits per heavy atom. The van der Waals surface area contributed by atoms with Crippen molar-refractivity contribution in [2.75, 3.05) is 30.3 Å². The monoisotopic (exact) mass is 476 g/mol. The van der Waals surface area contributed by atoms with Gasteiger partial charge in [-0.2, -0.15) is 27.4 Å². The number of hydrogen-bond donors (Lipinski definition) is 4. The van der Waals surface area contributed by atoms with E-state index in [-0.39, 0.29) is 25.2 Å². The number of fused-ring (bicyclic) bond motifs is 1. The molecule has 0 radical (unpaired) electrons. The lowest BCUT2D eigenvalue weighted by Gasteiger charge is -2.21. The molecular weight excluding hydrogens is 446 g/mol. The number of aliphatic hydroxyl groups is 1. The fraction of sp³-hybridized carbons (Fsp3) is 0.722. The molecular formula is C18H30F2N8O3S. The number of nitrogens with zero attached hydrogens (tertiary/aromatic N) is 5. The molecule has 0 saturated carbocycles. The van der Waals surface area contributed by atoms with E-state index < -0.39 is 29.3 Å². The lowest BCUT2D eigenvalue weighted by Crippen LogP contribution is -2.42. The first kappa shape index (κ1) is 24.5. The molecule has 32 heavy (non-hydrogen) atoms. The van der Waals surface area contributed by atoms with Gasteiger partial charge in [0.05, 0.1) is 25.0 Å². The Balaban J connectivity index is 1.81. The van der Waals surface area contributed by atoms with Gasteiger partial charge < -0.3 is 20.3 Å². The van der Waals surface area contributed by atoms with E-state index in [0.717, 1.165) is 4.31 Å². The summed E-state index contributed by atoms with van der Waals surface area (Å²) in [5.74, 6) is 0.763. The molecule has 0 spiro atoms. The molecule has 1 aliphatic heterocycles. The number of hydrogen-bond acceptors (Lipinski definition) is 8. The molecule has 2 aromatic heterocycles. The van der Waals surface area contributed by atoms with Gasteiger partial charge in [0.1, 0.15) is 0 Å². The average Bonchev–Trinajstić information content (AvgIpc) is 3.37. The molecule has 0 amide bonds. The van der Waals surface area contributed by atoms with Crippen molar-refractivity contribution in [2.45, 2.75) is 64.8 Å². The third-order valence-electron chi connectivity index (χ3n) is 5.39. The number of anilines is 2. The van der Waals surface area contributed by atoms with Crippen LogP contribution in [0.2, 0.25) is 0 Å². The average molecular weight is 477 g/mol. The van der Waals surface area contributed by atoms with Crippen LogP contribution in [0.15, 0.2) is 6.33 Å². The maximum Gasteiger partial charge on any atom is 0.279 e. The normalized spacial score (nSPS) is 19.5. The van der Waals surface area contributed by atoms with E-state index in [4.69, 9.17) is 0 Å². The van der Waals surface area contributed by atoms with E-state index >= 15 is 0 Å². The third kappa shape index (κ3) is 5.60. The number of aryl methyl sites for hydroxylation is 1. The van der Waals surface area contributed by atoms with Crippen molar-refractivity contribution in [3.05, 3.63) is 6.33 Å². The first-order valence-electron chi connectivity index (χ1n) is 10.6. The predicted molar refractivity (Wildman–Crippen MR) is 117 cm³/mol. The number of alkyl halides is 2. The van der Waals surface area contributed by atoms with Crippen LogP contribution in [-0.2, 0) is 16.8 Å². The number of halogens is 2. The zero-order chi connectivity index (χ0) is 23.5. The summed E-state index contributed by atoms with van der Waals surface area (Å²) in [6, 6.07) is -0.527. The highest BCUT2D eigenvalue weighted by molar-refractivity contribution is 7.87. The number of imidazole rings is 1. The Morgan fingerprint density at radius 1 is 1.31 bits per heavy atom. The Hall–Kier alpha value is -2.16. The van der Waals surface area contributed by atoms with E-state index in [9.17, 15) is 22.3 Å². The van der Waals surface area contributed by atoms with Crippen LogP contribution in [-0.4, -0.2) is 81.6 Å². The molecule has 1 aliphatic rings. The minimum atomic E-state index is -3.99. The van der Waals surface area contributed by atoms with Gasteiger partial charge in [-0.25, -0.2) is 13.8 Å². The summed E-state index contributed by atoms with van der Waals surface area (Å²) in [5, 5.41) is 16.3. The fourth-order valence-electron chi connectivity index (χ4n) is 3.59. The van der Waals surface area contributed by atoms with Crippen molar-refractivity contribution in [1.29, 1.82) is 0 Å². The second-order valence-electron chi connectivity index (χ2n) is 7.73. The van der Waals surface area contributed by atoms with Gasteiger partial charge in [-0.1, -0.05) is 6.92 Å². The topological polar surface area (TPSA) is 137 Å². The van der Waals surface area contributed by atoms with Gasteiger partial charge in [-0.05, 0) is 26.7 Å². The van der Waals surface area contributed by atoms with Crippen LogP contribution in [0.1, 0.15) is 33.6 Å². The van der Waals surface area contributed by atoms with Gasteiger partial charge in [0, 0.05) is 25.7 Å². The van der Waals surface area contributed by atoms with Crippen molar-refractivity contribution < 1.29 is 22.3 Å². The van der Waals surface area contributed by atoms with Crippen molar-refractivity contribution in [3.63, 3.8) is 0 Å². The Morgan fingerprint density at radius 3 is 2.69 bits per heavy atom. The molecule has 0 aliphatic carbocycles. The van der Waals surface area contributed by atoms with Gasteiger partial charge in [0.25, 0.3) is 16.6 Å². The van der Waals surface area contributed by atoms with Crippen LogP contribution in [0, 0.1) is 0 Å². The van der Waals surface area contributed by atoms with Crippen LogP contribution in [0.5, 0.6) is 0 Å². The number of aromatic nitrogens is 4. The molecule has 2 aromatic rings. The Bertz CT molecular complexity index is 1020. The molecule has 3 atom stereocenters. The lowest BCUT2D eigenvalue weighted by molar-refractivity contribution is 0.152. The summed E-state index contributed by atoms with van der Waals surface area (Å²) in [5.41, 5.74) is 1.15. The fourth-order valence-corrected chi connectivity index (χ4v) is 4.83.